The van der Waals surface area contributed by atoms with Crippen LogP contribution in [0.15, 0.2) is 24.3 Å². The van der Waals surface area contributed by atoms with Gasteiger partial charge in [-0.05, 0) is 37.0 Å². The number of rotatable bonds is 4. The second-order valence-corrected chi connectivity index (χ2v) is 4.87. The van der Waals surface area contributed by atoms with Crippen LogP contribution in [0, 0.1) is 17.2 Å². The first kappa shape index (κ1) is 13.4. The second-order valence-electron chi connectivity index (χ2n) is 4.87. The normalized spacial score (nSPS) is 15.4. The molecule has 0 heterocycles. The summed E-state index contributed by atoms with van der Waals surface area (Å²) in [6, 6.07) is 8.82. The van der Waals surface area contributed by atoms with E-state index in [4.69, 9.17) is 11.0 Å². The third-order valence-electron chi connectivity index (χ3n) is 3.47. The van der Waals surface area contributed by atoms with E-state index in [2.05, 4.69) is 5.32 Å². The van der Waals surface area contributed by atoms with Gasteiger partial charge in [-0.15, -0.1) is 0 Å². The Morgan fingerprint density at radius 1 is 1.63 bits per heavy atom. The van der Waals surface area contributed by atoms with Gasteiger partial charge < -0.3 is 16.0 Å². The Bertz CT molecular complexity index is 504. The lowest BCUT2D eigenvalue weighted by molar-refractivity contribution is 0.198. The molecule has 2 amide bonds. The maximum atomic E-state index is 12.1. The number of amides is 2. The van der Waals surface area contributed by atoms with Crippen molar-refractivity contribution in [2.45, 2.75) is 18.9 Å². The van der Waals surface area contributed by atoms with Crippen LogP contribution in [-0.2, 0) is 0 Å². The molecular weight excluding hydrogens is 240 g/mol. The molecular formula is C14H18N4O. The number of likely N-dealkylation sites (N-methyl/N-ethyl adjacent to an activating group) is 1. The lowest BCUT2D eigenvalue weighted by Crippen LogP contribution is -2.45. The van der Waals surface area contributed by atoms with Crippen LogP contribution >= 0.6 is 0 Å². The van der Waals surface area contributed by atoms with Gasteiger partial charge in [0.05, 0.1) is 11.6 Å². The molecule has 1 unspecified atom stereocenters. The lowest BCUT2D eigenvalue weighted by Gasteiger charge is -2.27. The summed E-state index contributed by atoms with van der Waals surface area (Å²) < 4.78 is 0. The molecule has 0 aliphatic heterocycles. The second kappa shape index (κ2) is 5.72. The minimum absolute atomic E-state index is 0.0964. The van der Waals surface area contributed by atoms with E-state index in [1.807, 2.05) is 6.07 Å². The highest BCUT2D eigenvalue weighted by molar-refractivity contribution is 5.89. The van der Waals surface area contributed by atoms with E-state index in [-0.39, 0.29) is 12.1 Å². The molecule has 1 fully saturated rings. The average Bonchev–Trinajstić information content (AvgIpc) is 3.24. The third kappa shape index (κ3) is 3.24. The van der Waals surface area contributed by atoms with Crippen molar-refractivity contribution in [1.29, 1.82) is 5.26 Å². The Labute approximate surface area is 113 Å². The SMILES string of the molecule is CN(C(=O)Nc1cccc(C#N)c1)C(CN)C1CC1. The van der Waals surface area contributed by atoms with E-state index in [0.29, 0.717) is 23.7 Å². The predicted molar refractivity (Wildman–Crippen MR) is 73.5 cm³/mol. The first-order valence-electron chi connectivity index (χ1n) is 6.39. The quantitative estimate of drug-likeness (QED) is 0.863. The molecule has 1 saturated carbocycles. The smallest absolute Gasteiger partial charge is 0.321 e. The van der Waals surface area contributed by atoms with Crippen molar-refractivity contribution in [3.05, 3.63) is 29.8 Å². The van der Waals surface area contributed by atoms with Crippen molar-refractivity contribution in [1.82, 2.24) is 4.90 Å². The maximum absolute atomic E-state index is 12.1. The first-order valence-corrected chi connectivity index (χ1v) is 6.39. The summed E-state index contributed by atoms with van der Waals surface area (Å²) in [6.45, 7) is 0.479. The number of nitriles is 1. The number of nitrogens with two attached hydrogens (primary N) is 1. The molecule has 0 aromatic heterocycles. The van der Waals surface area contributed by atoms with Crippen LogP contribution in [0.1, 0.15) is 18.4 Å². The van der Waals surface area contributed by atoms with E-state index in [1.54, 1.807) is 36.2 Å². The highest BCUT2D eigenvalue weighted by Crippen LogP contribution is 2.34. The molecule has 0 spiro atoms. The van der Waals surface area contributed by atoms with Crippen LogP contribution in [0.2, 0.25) is 0 Å². The standard InChI is InChI=1S/C14H18N4O/c1-18(13(9-16)11-5-6-11)14(19)17-12-4-2-3-10(7-12)8-15/h2-4,7,11,13H,5-6,9,16H2,1H3,(H,17,19). The molecule has 2 rings (SSSR count). The summed E-state index contributed by atoms with van der Waals surface area (Å²) in [6.07, 6.45) is 2.28. The molecule has 1 atom stereocenters. The van der Waals surface area contributed by atoms with E-state index in [1.165, 1.54) is 0 Å². The van der Waals surface area contributed by atoms with Crippen molar-refractivity contribution in [2.75, 3.05) is 18.9 Å². The van der Waals surface area contributed by atoms with Crippen molar-refractivity contribution in [2.24, 2.45) is 11.7 Å². The summed E-state index contributed by atoms with van der Waals surface area (Å²) in [5, 5.41) is 11.6. The van der Waals surface area contributed by atoms with Crippen LogP contribution in [0.25, 0.3) is 0 Å². The zero-order valence-electron chi connectivity index (χ0n) is 11.0. The number of nitrogens with one attached hydrogen (secondary N) is 1. The molecule has 1 aliphatic carbocycles. The minimum Gasteiger partial charge on any atom is -0.328 e. The Morgan fingerprint density at radius 3 is 2.95 bits per heavy atom. The zero-order valence-corrected chi connectivity index (χ0v) is 11.0. The van der Waals surface area contributed by atoms with Gasteiger partial charge in [-0.3, -0.25) is 0 Å². The largest absolute Gasteiger partial charge is 0.328 e. The number of anilines is 1. The number of hydrogen-bond acceptors (Lipinski definition) is 3. The van der Waals surface area contributed by atoms with Gasteiger partial charge >= 0.3 is 6.03 Å². The van der Waals surface area contributed by atoms with Gasteiger partial charge in [-0.1, -0.05) is 6.07 Å². The van der Waals surface area contributed by atoms with Gasteiger partial charge in [0.15, 0.2) is 0 Å². The predicted octanol–water partition coefficient (Wildman–Crippen LogP) is 1.76. The van der Waals surface area contributed by atoms with Crippen molar-refractivity contribution in [3.8, 4) is 6.07 Å². The van der Waals surface area contributed by atoms with E-state index in [0.717, 1.165) is 12.8 Å². The fourth-order valence-corrected chi connectivity index (χ4v) is 2.18. The van der Waals surface area contributed by atoms with Gasteiger partial charge in [-0.25, -0.2) is 4.79 Å². The fraction of sp³-hybridized carbons (Fsp3) is 0.429. The molecule has 1 aromatic carbocycles. The number of carbonyl (C=O) groups excluding carboxylic acids is 1. The molecule has 100 valence electrons. The molecule has 1 aromatic rings. The molecule has 0 radical (unpaired) electrons. The Kier molecular flexibility index (Phi) is 4.03. The van der Waals surface area contributed by atoms with Crippen molar-refractivity contribution < 1.29 is 4.79 Å². The summed E-state index contributed by atoms with van der Waals surface area (Å²) in [5.41, 5.74) is 6.88. The van der Waals surface area contributed by atoms with Crippen molar-refractivity contribution >= 4 is 11.7 Å². The first-order chi connectivity index (χ1) is 9.15. The monoisotopic (exact) mass is 258 g/mol. The van der Waals surface area contributed by atoms with Crippen LogP contribution in [-0.4, -0.2) is 30.6 Å². The van der Waals surface area contributed by atoms with Gasteiger partial charge in [-0.2, -0.15) is 5.26 Å². The van der Waals surface area contributed by atoms with Crippen LogP contribution < -0.4 is 11.1 Å². The third-order valence-corrected chi connectivity index (χ3v) is 3.47. The Hall–Kier alpha value is -2.06. The Balaban J connectivity index is 2.01. The molecule has 5 heteroatoms. The van der Waals surface area contributed by atoms with Crippen LogP contribution in [0.3, 0.4) is 0 Å². The fourth-order valence-electron chi connectivity index (χ4n) is 2.18. The lowest BCUT2D eigenvalue weighted by atomic mass is 10.1. The number of nitrogens with zero attached hydrogens (tertiary/aromatic N) is 2. The van der Waals surface area contributed by atoms with Gasteiger partial charge in [0.2, 0.25) is 0 Å². The molecule has 1 aliphatic rings. The average molecular weight is 258 g/mol. The Morgan fingerprint density at radius 2 is 2.37 bits per heavy atom. The topological polar surface area (TPSA) is 82.2 Å². The van der Waals surface area contributed by atoms with Gasteiger partial charge in [0.1, 0.15) is 0 Å². The van der Waals surface area contributed by atoms with E-state index in [9.17, 15) is 4.79 Å². The molecule has 3 N–H and O–H groups in total. The number of carbonyl (C=O) groups is 1. The summed E-state index contributed by atoms with van der Waals surface area (Å²) >= 11 is 0. The molecule has 5 nitrogen and oxygen atoms in total. The molecule has 0 bridgehead atoms. The van der Waals surface area contributed by atoms with Crippen molar-refractivity contribution in [3.63, 3.8) is 0 Å². The van der Waals surface area contributed by atoms with E-state index >= 15 is 0 Å². The molecule has 0 saturated heterocycles. The minimum atomic E-state index is -0.183. The number of hydrogen-bond donors (Lipinski definition) is 2. The maximum Gasteiger partial charge on any atom is 0.321 e. The summed E-state index contributed by atoms with van der Waals surface area (Å²) in [7, 11) is 1.76. The zero-order chi connectivity index (χ0) is 13.8. The van der Waals surface area contributed by atoms with Gasteiger partial charge in [0.25, 0.3) is 0 Å². The van der Waals surface area contributed by atoms with Crippen LogP contribution in [0.4, 0.5) is 10.5 Å². The highest BCUT2D eigenvalue weighted by atomic mass is 16.2. The summed E-state index contributed by atoms with van der Waals surface area (Å²) in [5.74, 6) is 0.534. The van der Waals surface area contributed by atoms with Gasteiger partial charge in [0, 0.05) is 25.3 Å². The summed E-state index contributed by atoms with van der Waals surface area (Å²) in [4.78, 5) is 13.8. The van der Waals surface area contributed by atoms with E-state index < -0.39 is 0 Å². The van der Waals surface area contributed by atoms with Crippen LogP contribution in [0.5, 0.6) is 0 Å². The number of urea groups is 1. The highest BCUT2D eigenvalue weighted by Gasteiger charge is 2.34. The molecule has 19 heavy (non-hydrogen) atoms. The number of benzene rings is 1.